The second-order valence-electron chi connectivity index (χ2n) is 8.93. The summed E-state index contributed by atoms with van der Waals surface area (Å²) in [5, 5.41) is 2.78. The largest absolute Gasteiger partial charge is 0.455 e. The highest BCUT2D eigenvalue weighted by Crippen LogP contribution is 2.33. The third-order valence-corrected chi connectivity index (χ3v) is 6.29. The van der Waals surface area contributed by atoms with Gasteiger partial charge in [0.2, 0.25) is 6.79 Å². The first-order valence-corrected chi connectivity index (χ1v) is 12.1. The molecular formula is C27H30FN3O5. The SMILES string of the molecule is O=C(NCc1cccc(F)c1)c1ccc(CN(CCN2CCOCC2)Cc2ccc3c(c2)OCO3)o1. The number of benzene rings is 2. The Kier molecular flexibility index (Phi) is 7.80. The zero-order chi connectivity index (χ0) is 24.7. The van der Waals surface area contributed by atoms with Crippen molar-refractivity contribution in [3.05, 3.63) is 83.1 Å². The van der Waals surface area contributed by atoms with E-state index >= 15 is 0 Å². The minimum absolute atomic E-state index is 0.225. The summed E-state index contributed by atoms with van der Waals surface area (Å²) in [6, 6.07) is 15.7. The van der Waals surface area contributed by atoms with Crippen molar-refractivity contribution >= 4 is 5.91 Å². The van der Waals surface area contributed by atoms with Crippen molar-refractivity contribution in [2.45, 2.75) is 19.6 Å². The molecule has 5 rings (SSSR count). The van der Waals surface area contributed by atoms with Gasteiger partial charge in [-0.05, 0) is 47.5 Å². The molecule has 8 nitrogen and oxygen atoms in total. The fraction of sp³-hybridized carbons (Fsp3) is 0.370. The lowest BCUT2D eigenvalue weighted by Crippen LogP contribution is -2.41. The van der Waals surface area contributed by atoms with Crippen molar-refractivity contribution in [3.63, 3.8) is 0 Å². The lowest BCUT2D eigenvalue weighted by atomic mass is 10.2. The third-order valence-electron chi connectivity index (χ3n) is 6.29. The van der Waals surface area contributed by atoms with Crippen LogP contribution >= 0.6 is 0 Å². The first kappa shape index (κ1) is 24.3. The van der Waals surface area contributed by atoms with Gasteiger partial charge in [-0.15, -0.1) is 0 Å². The number of fused-ring (bicyclic) bond motifs is 1. The van der Waals surface area contributed by atoms with Crippen molar-refractivity contribution in [2.75, 3.05) is 46.2 Å². The molecule has 36 heavy (non-hydrogen) atoms. The van der Waals surface area contributed by atoms with Crippen molar-refractivity contribution in [3.8, 4) is 11.5 Å². The molecule has 9 heteroatoms. The summed E-state index contributed by atoms with van der Waals surface area (Å²) in [6.45, 7) is 6.83. The van der Waals surface area contributed by atoms with Crippen molar-refractivity contribution in [1.82, 2.24) is 15.1 Å². The van der Waals surface area contributed by atoms with E-state index in [0.29, 0.717) is 24.4 Å². The van der Waals surface area contributed by atoms with E-state index in [1.807, 2.05) is 24.3 Å². The molecule has 1 fully saturated rings. The smallest absolute Gasteiger partial charge is 0.287 e. The molecule has 1 saturated heterocycles. The molecule has 190 valence electrons. The van der Waals surface area contributed by atoms with Crippen LogP contribution in [0.1, 0.15) is 27.4 Å². The van der Waals surface area contributed by atoms with Crippen molar-refractivity contribution in [2.24, 2.45) is 0 Å². The Morgan fingerprint density at radius 3 is 2.69 bits per heavy atom. The van der Waals surface area contributed by atoms with Gasteiger partial charge >= 0.3 is 0 Å². The third kappa shape index (κ3) is 6.42. The number of rotatable bonds is 10. The Morgan fingerprint density at radius 1 is 0.972 bits per heavy atom. The molecule has 0 atom stereocenters. The number of ether oxygens (including phenoxy) is 3. The molecule has 0 radical (unpaired) electrons. The summed E-state index contributed by atoms with van der Waals surface area (Å²) in [5.74, 6) is 1.79. The highest BCUT2D eigenvalue weighted by molar-refractivity contribution is 5.91. The molecule has 1 amide bonds. The van der Waals surface area contributed by atoms with Crippen LogP contribution in [0.2, 0.25) is 0 Å². The van der Waals surface area contributed by atoms with Gasteiger partial charge in [0.05, 0.1) is 19.8 Å². The van der Waals surface area contributed by atoms with Crippen LogP contribution in [0.4, 0.5) is 4.39 Å². The second kappa shape index (κ2) is 11.6. The lowest BCUT2D eigenvalue weighted by molar-refractivity contribution is 0.0321. The average molecular weight is 496 g/mol. The van der Waals surface area contributed by atoms with Crippen molar-refractivity contribution in [1.29, 1.82) is 0 Å². The van der Waals surface area contributed by atoms with Crippen LogP contribution < -0.4 is 14.8 Å². The first-order chi connectivity index (χ1) is 17.6. The number of carbonyl (C=O) groups excluding carboxylic acids is 1. The van der Waals surface area contributed by atoms with Gasteiger partial charge in [-0.2, -0.15) is 0 Å². The van der Waals surface area contributed by atoms with Gasteiger partial charge in [0.1, 0.15) is 11.6 Å². The molecule has 0 aliphatic carbocycles. The van der Waals surface area contributed by atoms with E-state index in [2.05, 4.69) is 15.1 Å². The Balaban J connectivity index is 1.22. The molecule has 1 N–H and O–H groups in total. The summed E-state index contributed by atoms with van der Waals surface area (Å²) < 4.78 is 35.7. The van der Waals surface area contributed by atoms with Crippen molar-refractivity contribution < 1.29 is 27.8 Å². The number of hydrogen-bond acceptors (Lipinski definition) is 7. The lowest BCUT2D eigenvalue weighted by Gasteiger charge is -2.29. The molecule has 2 aromatic carbocycles. The highest BCUT2D eigenvalue weighted by Gasteiger charge is 2.18. The Bertz CT molecular complexity index is 1180. The van der Waals surface area contributed by atoms with Crippen LogP contribution in [-0.2, 0) is 24.4 Å². The van der Waals surface area contributed by atoms with Gasteiger partial charge in [-0.25, -0.2) is 4.39 Å². The van der Waals surface area contributed by atoms with E-state index in [1.165, 1.54) is 12.1 Å². The van der Waals surface area contributed by atoms with Crippen LogP contribution in [-0.4, -0.2) is 61.9 Å². The summed E-state index contributed by atoms with van der Waals surface area (Å²) in [6.07, 6.45) is 0. The van der Waals surface area contributed by atoms with Gasteiger partial charge in [-0.1, -0.05) is 18.2 Å². The van der Waals surface area contributed by atoms with Gasteiger partial charge < -0.3 is 23.9 Å². The normalized spacial score (nSPS) is 15.4. The molecular weight excluding hydrogens is 465 g/mol. The van der Waals surface area contributed by atoms with E-state index in [1.54, 1.807) is 18.2 Å². The molecule has 3 aromatic rings. The Morgan fingerprint density at radius 2 is 1.83 bits per heavy atom. The molecule has 2 aliphatic heterocycles. The van der Waals surface area contributed by atoms with Crippen LogP contribution in [0.25, 0.3) is 0 Å². The Hall–Kier alpha value is -3.40. The van der Waals surface area contributed by atoms with Crippen LogP contribution in [0.3, 0.4) is 0 Å². The maximum atomic E-state index is 13.4. The van der Waals surface area contributed by atoms with E-state index in [4.69, 9.17) is 18.6 Å². The van der Waals surface area contributed by atoms with E-state index < -0.39 is 0 Å². The Labute approximate surface area is 209 Å². The van der Waals surface area contributed by atoms with Gasteiger partial charge in [0.15, 0.2) is 17.3 Å². The first-order valence-electron chi connectivity index (χ1n) is 12.1. The van der Waals surface area contributed by atoms with E-state index in [9.17, 15) is 9.18 Å². The number of amides is 1. The molecule has 3 heterocycles. The van der Waals surface area contributed by atoms with Crippen LogP contribution in [0.15, 0.2) is 59.0 Å². The average Bonchev–Trinajstić information content (AvgIpc) is 3.56. The van der Waals surface area contributed by atoms with Gasteiger partial charge in [0, 0.05) is 39.3 Å². The number of carbonyl (C=O) groups is 1. The fourth-order valence-corrected chi connectivity index (χ4v) is 4.34. The van der Waals surface area contributed by atoms with Gasteiger partial charge in [0.25, 0.3) is 5.91 Å². The monoisotopic (exact) mass is 495 g/mol. The summed E-state index contributed by atoms with van der Waals surface area (Å²) >= 11 is 0. The molecule has 1 aromatic heterocycles. The summed E-state index contributed by atoms with van der Waals surface area (Å²) in [5.41, 5.74) is 1.80. The zero-order valence-electron chi connectivity index (χ0n) is 20.1. The summed E-state index contributed by atoms with van der Waals surface area (Å²) in [7, 11) is 0. The summed E-state index contributed by atoms with van der Waals surface area (Å²) in [4.78, 5) is 17.3. The van der Waals surface area contributed by atoms with Crippen LogP contribution in [0, 0.1) is 5.82 Å². The molecule has 0 bridgehead atoms. The van der Waals surface area contributed by atoms with Gasteiger partial charge in [-0.3, -0.25) is 14.6 Å². The predicted octanol–water partition coefficient (Wildman–Crippen LogP) is 3.41. The maximum absolute atomic E-state index is 13.4. The van der Waals surface area contributed by atoms with E-state index in [0.717, 1.165) is 56.5 Å². The number of furan rings is 1. The molecule has 0 unspecified atom stereocenters. The fourth-order valence-electron chi connectivity index (χ4n) is 4.34. The number of hydrogen-bond donors (Lipinski definition) is 1. The topological polar surface area (TPSA) is 76.4 Å². The van der Waals surface area contributed by atoms with Crippen LogP contribution in [0.5, 0.6) is 11.5 Å². The zero-order valence-corrected chi connectivity index (χ0v) is 20.1. The standard InChI is InChI=1S/C27H30FN3O5/c28-22-3-1-2-20(14-22)16-29-27(32)25-7-5-23(36-25)18-31(9-8-30-10-12-33-13-11-30)17-21-4-6-24-26(15-21)35-19-34-24/h1-7,14-15H,8-13,16-19H2,(H,29,32). The molecule has 2 aliphatic rings. The van der Waals surface area contributed by atoms with E-state index in [-0.39, 0.29) is 30.8 Å². The predicted molar refractivity (Wildman–Crippen MR) is 130 cm³/mol. The second-order valence-corrected chi connectivity index (χ2v) is 8.93. The number of nitrogens with zero attached hydrogens (tertiary/aromatic N) is 2. The number of nitrogens with one attached hydrogen (secondary N) is 1. The molecule has 0 saturated carbocycles. The number of morpholine rings is 1. The minimum Gasteiger partial charge on any atom is -0.455 e. The minimum atomic E-state index is -0.332. The quantitative estimate of drug-likeness (QED) is 0.462. The maximum Gasteiger partial charge on any atom is 0.287 e. The number of halogens is 1. The molecule has 0 spiro atoms. The highest BCUT2D eigenvalue weighted by atomic mass is 19.1.